The number of epoxide rings is 1. The van der Waals surface area contributed by atoms with Crippen molar-refractivity contribution in [1.29, 1.82) is 0 Å². The lowest BCUT2D eigenvalue weighted by atomic mass is 10.1. The molecular weight excluding hydrogens is 168 g/mol. The van der Waals surface area contributed by atoms with Crippen molar-refractivity contribution >= 4 is 5.97 Å². The lowest BCUT2D eigenvalue weighted by molar-refractivity contribution is -0.138. The first-order valence-electron chi connectivity index (χ1n) is 4.19. The normalized spacial score (nSPS) is 25.5. The van der Waals surface area contributed by atoms with Crippen molar-refractivity contribution < 1.29 is 14.6 Å². The maximum Gasteiger partial charge on any atom is 0.335 e. The number of ether oxygens (including phenoxy) is 1. The van der Waals surface area contributed by atoms with Crippen molar-refractivity contribution in [2.45, 2.75) is 18.6 Å². The van der Waals surface area contributed by atoms with Gasteiger partial charge in [0.15, 0.2) is 6.10 Å². The average Bonchev–Trinajstić information content (AvgIpc) is 2.86. The molecule has 0 aromatic heterocycles. The molecule has 1 heterocycles. The number of hydrogen-bond acceptors (Lipinski definition) is 2. The number of carboxylic acids is 1. The zero-order chi connectivity index (χ0) is 9.26. The Kier molecular flexibility index (Phi) is 2.02. The van der Waals surface area contributed by atoms with Gasteiger partial charge >= 0.3 is 5.97 Å². The summed E-state index contributed by atoms with van der Waals surface area (Å²) in [6.45, 7) is 0. The highest BCUT2D eigenvalue weighted by Gasteiger charge is 2.44. The molecule has 1 fully saturated rings. The Hall–Kier alpha value is -1.35. The molecule has 0 saturated carbocycles. The third-order valence-electron chi connectivity index (χ3n) is 2.11. The van der Waals surface area contributed by atoms with Gasteiger partial charge in [-0.2, -0.15) is 0 Å². The lowest BCUT2D eigenvalue weighted by Crippen LogP contribution is -2.09. The highest BCUT2D eigenvalue weighted by Crippen LogP contribution is 2.25. The van der Waals surface area contributed by atoms with E-state index in [-0.39, 0.29) is 6.10 Å². The molecule has 1 aliphatic rings. The number of benzene rings is 1. The molecule has 0 spiro atoms. The fourth-order valence-corrected chi connectivity index (χ4v) is 1.36. The van der Waals surface area contributed by atoms with Gasteiger partial charge in [0.05, 0.1) is 6.10 Å². The molecule has 13 heavy (non-hydrogen) atoms. The first kappa shape index (κ1) is 8.26. The Bertz CT molecular complexity index is 307. The summed E-state index contributed by atoms with van der Waals surface area (Å²) in [5, 5.41) is 8.58. The van der Waals surface area contributed by atoms with Gasteiger partial charge in [0.1, 0.15) is 0 Å². The van der Waals surface area contributed by atoms with E-state index in [0.29, 0.717) is 6.42 Å². The zero-order valence-corrected chi connectivity index (χ0v) is 7.01. The predicted octanol–water partition coefficient (Wildman–Crippen LogP) is 1.08. The fourth-order valence-electron chi connectivity index (χ4n) is 1.36. The van der Waals surface area contributed by atoms with Crippen LogP contribution < -0.4 is 0 Å². The van der Waals surface area contributed by atoms with E-state index in [9.17, 15) is 4.79 Å². The van der Waals surface area contributed by atoms with Crippen LogP contribution in [0.3, 0.4) is 0 Å². The molecule has 0 unspecified atom stereocenters. The maximum absolute atomic E-state index is 10.4. The average molecular weight is 178 g/mol. The molecule has 3 heteroatoms. The summed E-state index contributed by atoms with van der Waals surface area (Å²) in [4.78, 5) is 10.4. The Morgan fingerprint density at radius 2 is 2.08 bits per heavy atom. The van der Waals surface area contributed by atoms with Crippen LogP contribution in [-0.4, -0.2) is 23.3 Å². The molecule has 2 rings (SSSR count). The van der Waals surface area contributed by atoms with Gasteiger partial charge in [0, 0.05) is 6.42 Å². The largest absolute Gasteiger partial charge is 0.479 e. The zero-order valence-electron chi connectivity index (χ0n) is 7.01. The summed E-state index contributed by atoms with van der Waals surface area (Å²) in [6, 6.07) is 9.76. The van der Waals surface area contributed by atoms with Crippen LogP contribution in [0.15, 0.2) is 30.3 Å². The minimum Gasteiger partial charge on any atom is -0.479 e. The van der Waals surface area contributed by atoms with Gasteiger partial charge in [-0.3, -0.25) is 0 Å². The number of hydrogen-bond donors (Lipinski definition) is 1. The van der Waals surface area contributed by atoms with Crippen LogP contribution in [0.1, 0.15) is 5.56 Å². The van der Waals surface area contributed by atoms with Gasteiger partial charge in [0.25, 0.3) is 0 Å². The van der Waals surface area contributed by atoms with Gasteiger partial charge in [-0.1, -0.05) is 30.3 Å². The van der Waals surface area contributed by atoms with E-state index in [1.165, 1.54) is 0 Å². The number of aliphatic carboxylic acids is 1. The van der Waals surface area contributed by atoms with Crippen LogP contribution in [0, 0.1) is 0 Å². The van der Waals surface area contributed by atoms with Gasteiger partial charge < -0.3 is 9.84 Å². The van der Waals surface area contributed by atoms with Crippen molar-refractivity contribution in [2.75, 3.05) is 0 Å². The van der Waals surface area contributed by atoms with Crippen LogP contribution >= 0.6 is 0 Å². The fraction of sp³-hybridized carbons (Fsp3) is 0.300. The van der Waals surface area contributed by atoms with Gasteiger partial charge in [-0.25, -0.2) is 4.79 Å². The van der Waals surface area contributed by atoms with Crippen molar-refractivity contribution in [2.24, 2.45) is 0 Å². The number of carboxylic acid groups (broad SMARTS) is 1. The van der Waals surface area contributed by atoms with Crippen molar-refractivity contribution in [3.63, 3.8) is 0 Å². The molecule has 68 valence electrons. The summed E-state index contributed by atoms with van der Waals surface area (Å²) in [7, 11) is 0. The van der Waals surface area contributed by atoms with Gasteiger partial charge in [-0.05, 0) is 5.56 Å². The number of rotatable bonds is 3. The first-order valence-corrected chi connectivity index (χ1v) is 4.19. The number of carbonyl (C=O) groups is 1. The van der Waals surface area contributed by atoms with E-state index in [2.05, 4.69) is 0 Å². The van der Waals surface area contributed by atoms with Gasteiger partial charge in [-0.15, -0.1) is 0 Å². The topological polar surface area (TPSA) is 49.8 Å². The third kappa shape index (κ3) is 1.87. The minimum absolute atomic E-state index is 0.125. The van der Waals surface area contributed by atoms with Gasteiger partial charge in [0.2, 0.25) is 0 Å². The molecule has 0 aliphatic carbocycles. The third-order valence-corrected chi connectivity index (χ3v) is 2.11. The van der Waals surface area contributed by atoms with E-state index in [4.69, 9.17) is 9.84 Å². The Balaban J connectivity index is 1.92. The predicted molar refractivity (Wildman–Crippen MR) is 46.4 cm³/mol. The van der Waals surface area contributed by atoms with Crippen LogP contribution in [0.5, 0.6) is 0 Å². The molecule has 1 N–H and O–H groups in total. The second kappa shape index (κ2) is 3.18. The molecule has 1 aromatic rings. The van der Waals surface area contributed by atoms with E-state index < -0.39 is 12.1 Å². The Morgan fingerprint density at radius 1 is 1.38 bits per heavy atom. The molecule has 2 atom stereocenters. The van der Waals surface area contributed by atoms with E-state index in [0.717, 1.165) is 5.56 Å². The van der Waals surface area contributed by atoms with Crippen LogP contribution in [-0.2, 0) is 16.0 Å². The van der Waals surface area contributed by atoms with Crippen LogP contribution in [0.25, 0.3) is 0 Å². The summed E-state index contributed by atoms with van der Waals surface area (Å²) >= 11 is 0. The summed E-state index contributed by atoms with van der Waals surface area (Å²) < 4.78 is 4.98. The van der Waals surface area contributed by atoms with E-state index in [1.54, 1.807) is 0 Å². The lowest BCUT2D eigenvalue weighted by Gasteiger charge is -1.94. The summed E-state index contributed by atoms with van der Waals surface area (Å²) in [5.74, 6) is -0.860. The SMILES string of the molecule is O=C(O)[C@H]1O[C@H]1Cc1ccccc1. The highest BCUT2D eigenvalue weighted by atomic mass is 16.6. The quantitative estimate of drug-likeness (QED) is 0.704. The Labute approximate surface area is 76.0 Å². The molecule has 0 bridgehead atoms. The molecule has 1 aromatic carbocycles. The standard InChI is InChI=1S/C10H10O3/c11-10(12)9-8(13-9)6-7-4-2-1-3-5-7/h1-5,8-9H,6H2,(H,11,12)/t8-,9-/m0/s1. The minimum atomic E-state index is -0.860. The van der Waals surface area contributed by atoms with Crippen molar-refractivity contribution in [1.82, 2.24) is 0 Å². The maximum atomic E-state index is 10.4. The van der Waals surface area contributed by atoms with Crippen molar-refractivity contribution in [3.05, 3.63) is 35.9 Å². The molecule has 1 aliphatic heterocycles. The van der Waals surface area contributed by atoms with Crippen LogP contribution in [0.4, 0.5) is 0 Å². The monoisotopic (exact) mass is 178 g/mol. The second-order valence-corrected chi connectivity index (χ2v) is 3.12. The van der Waals surface area contributed by atoms with E-state index in [1.807, 2.05) is 30.3 Å². The first-order chi connectivity index (χ1) is 6.27. The molecule has 1 saturated heterocycles. The molecular formula is C10H10O3. The summed E-state index contributed by atoms with van der Waals surface area (Å²) in [6.07, 6.45) is -0.0160. The molecule has 3 nitrogen and oxygen atoms in total. The van der Waals surface area contributed by atoms with E-state index >= 15 is 0 Å². The van der Waals surface area contributed by atoms with Crippen LogP contribution in [0.2, 0.25) is 0 Å². The molecule has 0 radical (unpaired) electrons. The highest BCUT2D eigenvalue weighted by molar-refractivity contribution is 5.75. The summed E-state index contributed by atoms with van der Waals surface area (Å²) in [5.41, 5.74) is 1.12. The van der Waals surface area contributed by atoms with Crippen molar-refractivity contribution in [3.8, 4) is 0 Å². The Morgan fingerprint density at radius 3 is 2.62 bits per heavy atom. The smallest absolute Gasteiger partial charge is 0.335 e. The second-order valence-electron chi connectivity index (χ2n) is 3.12. The molecule has 0 amide bonds.